The molecule has 0 aromatic carbocycles. The van der Waals surface area contributed by atoms with Crippen molar-refractivity contribution < 1.29 is 14.3 Å². The van der Waals surface area contributed by atoms with Crippen LogP contribution in [0, 0.1) is 0 Å². The maximum atomic E-state index is 11.4. The lowest BCUT2D eigenvalue weighted by Gasteiger charge is -2.20. The molecular weight excluding hydrogens is 254 g/mol. The fourth-order valence-electron chi connectivity index (χ4n) is 1.62. The second-order valence-electron chi connectivity index (χ2n) is 7.24. The average molecular weight is 287 g/mol. The third-order valence-corrected chi connectivity index (χ3v) is 2.53. The summed E-state index contributed by atoms with van der Waals surface area (Å²) in [5.74, 6) is 0. The number of rotatable bonds is 8. The molecule has 0 atom stereocenters. The molecule has 120 valence electrons. The Kier molecular flexibility index (Phi) is 8.86. The van der Waals surface area contributed by atoms with Gasteiger partial charge in [0.2, 0.25) is 0 Å². The highest BCUT2D eigenvalue weighted by atomic mass is 16.5. The number of nitrogens with one attached hydrogen (secondary N) is 1. The molecule has 0 aliphatic rings. The van der Waals surface area contributed by atoms with Crippen molar-refractivity contribution >= 4 is 6.09 Å². The van der Waals surface area contributed by atoms with Crippen molar-refractivity contribution in [2.75, 3.05) is 13.2 Å². The van der Waals surface area contributed by atoms with Gasteiger partial charge in [0.1, 0.15) is 0 Å². The molecule has 1 amide bonds. The van der Waals surface area contributed by atoms with E-state index in [1.807, 2.05) is 20.8 Å². The van der Waals surface area contributed by atoms with E-state index in [0.29, 0.717) is 6.61 Å². The lowest BCUT2D eigenvalue weighted by atomic mass is 10.1. The first-order valence-corrected chi connectivity index (χ1v) is 7.69. The van der Waals surface area contributed by atoms with Crippen LogP contribution in [0.2, 0.25) is 0 Å². The molecule has 0 unspecified atom stereocenters. The van der Waals surface area contributed by atoms with Crippen LogP contribution >= 0.6 is 0 Å². The summed E-state index contributed by atoms with van der Waals surface area (Å²) in [6.45, 7) is 13.4. The smallest absolute Gasteiger partial charge is 0.407 e. The first-order valence-electron chi connectivity index (χ1n) is 7.69. The van der Waals surface area contributed by atoms with Crippen LogP contribution in [0.25, 0.3) is 0 Å². The first-order chi connectivity index (χ1) is 9.10. The molecule has 0 aromatic heterocycles. The predicted molar refractivity (Wildman–Crippen MR) is 83.0 cm³/mol. The zero-order chi connectivity index (χ0) is 15.6. The summed E-state index contributed by atoms with van der Waals surface area (Å²) in [5, 5.41) is 2.77. The number of amides is 1. The Labute approximate surface area is 124 Å². The van der Waals surface area contributed by atoms with Crippen molar-refractivity contribution in [3.63, 3.8) is 0 Å². The number of ether oxygens (including phenoxy) is 2. The van der Waals surface area contributed by atoms with Gasteiger partial charge in [-0.2, -0.15) is 0 Å². The maximum absolute atomic E-state index is 11.4. The molecule has 0 radical (unpaired) electrons. The summed E-state index contributed by atoms with van der Waals surface area (Å²) < 4.78 is 10.8. The molecule has 4 nitrogen and oxygen atoms in total. The van der Waals surface area contributed by atoms with Crippen LogP contribution < -0.4 is 5.32 Å². The second kappa shape index (κ2) is 9.22. The minimum Gasteiger partial charge on any atom is -0.450 e. The van der Waals surface area contributed by atoms with Gasteiger partial charge in [-0.3, -0.25) is 0 Å². The largest absolute Gasteiger partial charge is 0.450 e. The van der Waals surface area contributed by atoms with Gasteiger partial charge in [-0.05, 0) is 54.4 Å². The van der Waals surface area contributed by atoms with Crippen LogP contribution in [0.5, 0.6) is 0 Å². The average Bonchev–Trinajstić information content (AvgIpc) is 2.22. The summed E-state index contributed by atoms with van der Waals surface area (Å²) in [6, 6.07) is 0. The van der Waals surface area contributed by atoms with Gasteiger partial charge < -0.3 is 14.8 Å². The Morgan fingerprint density at radius 3 is 1.85 bits per heavy atom. The van der Waals surface area contributed by atoms with Crippen molar-refractivity contribution in [2.24, 2.45) is 0 Å². The topological polar surface area (TPSA) is 47.6 Å². The van der Waals surface area contributed by atoms with Crippen molar-refractivity contribution in [1.29, 1.82) is 0 Å². The summed E-state index contributed by atoms with van der Waals surface area (Å²) in [4.78, 5) is 11.4. The molecule has 0 saturated heterocycles. The third-order valence-electron chi connectivity index (χ3n) is 2.53. The van der Waals surface area contributed by atoms with Crippen molar-refractivity contribution in [3.05, 3.63) is 0 Å². The molecule has 1 N–H and O–H groups in total. The first kappa shape index (κ1) is 19.2. The van der Waals surface area contributed by atoms with Crippen molar-refractivity contribution in [2.45, 2.75) is 84.8 Å². The van der Waals surface area contributed by atoms with E-state index in [4.69, 9.17) is 9.47 Å². The van der Waals surface area contributed by atoms with Gasteiger partial charge in [0.25, 0.3) is 0 Å². The molecule has 4 heteroatoms. The third kappa shape index (κ3) is 15.3. The molecule has 0 aliphatic carbocycles. The minimum absolute atomic E-state index is 0.0335. The molecular formula is C16H33NO3. The van der Waals surface area contributed by atoms with Crippen LogP contribution in [0.3, 0.4) is 0 Å². The number of hydrogen-bond acceptors (Lipinski definition) is 3. The van der Waals surface area contributed by atoms with Crippen molar-refractivity contribution in [3.8, 4) is 0 Å². The molecule has 0 saturated carbocycles. The van der Waals surface area contributed by atoms with Crippen LogP contribution in [0.4, 0.5) is 4.79 Å². The highest BCUT2D eigenvalue weighted by molar-refractivity contribution is 5.67. The Hall–Kier alpha value is -0.770. The van der Waals surface area contributed by atoms with Gasteiger partial charge in [-0.15, -0.1) is 0 Å². The van der Waals surface area contributed by atoms with Gasteiger partial charge in [-0.1, -0.05) is 19.3 Å². The van der Waals surface area contributed by atoms with E-state index < -0.39 is 0 Å². The highest BCUT2D eigenvalue weighted by Crippen LogP contribution is 2.09. The second-order valence-corrected chi connectivity index (χ2v) is 7.24. The standard InChI is InChI=1S/C16H33NO3/c1-15(2,3)17-14(18)19-12-10-8-7-9-11-13-20-16(4,5)6/h7-13H2,1-6H3,(H,17,18). The van der Waals surface area contributed by atoms with Gasteiger partial charge in [0, 0.05) is 12.1 Å². The number of carbonyl (C=O) groups is 1. The van der Waals surface area contributed by atoms with Gasteiger partial charge in [-0.25, -0.2) is 4.79 Å². The fraction of sp³-hybridized carbons (Fsp3) is 0.938. The lowest BCUT2D eigenvalue weighted by molar-refractivity contribution is -0.00475. The molecule has 0 spiro atoms. The van der Waals surface area contributed by atoms with E-state index in [0.717, 1.165) is 32.3 Å². The Bertz CT molecular complexity index is 264. The van der Waals surface area contributed by atoms with E-state index in [1.54, 1.807) is 0 Å². The van der Waals surface area contributed by atoms with E-state index >= 15 is 0 Å². The van der Waals surface area contributed by atoms with Gasteiger partial charge >= 0.3 is 6.09 Å². The molecule has 20 heavy (non-hydrogen) atoms. The molecule has 0 fully saturated rings. The zero-order valence-corrected chi connectivity index (χ0v) is 14.2. The van der Waals surface area contributed by atoms with E-state index in [1.165, 1.54) is 6.42 Å². The monoisotopic (exact) mass is 287 g/mol. The minimum atomic E-state index is -0.323. The van der Waals surface area contributed by atoms with Crippen LogP contribution in [-0.2, 0) is 9.47 Å². The fourth-order valence-corrected chi connectivity index (χ4v) is 1.62. The van der Waals surface area contributed by atoms with Crippen LogP contribution in [0.15, 0.2) is 0 Å². The highest BCUT2D eigenvalue weighted by Gasteiger charge is 2.14. The normalized spacial score (nSPS) is 12.3. The summed E-state index contributed by atoms with van der Waals surface area (Å²) in [7, 11) is 0. The Balaban J connectivity index is 3.31. The Morgan fingerprint density at radius 2 is 1.35 bits per heavy atom. The van der Waals surface area contributed by atoms with Gasteiger partial charge in [0.15, 0.2) is 0 Å². The lowest BCUT2D eigenvalue weighted by Crippen LogP contribution is -2.41. The predicted octanol–water partition coefficient (Wildman–Crippen LogP) is 4.28. The summed E-state index contributed by atoms with van der Waals surface area (Å²) in [6.07, 6.45) is 5.14. The number of alkyl carbamates (subject to hydrolysis) is 1. The molecule has 0 rings (SSSR count). The molecule has 0 heterocycles. The SMILES string of the molecule is CC(C)(C)NC(=O)OCCCCCCCOC(C)(C)C. The maximum Gasteiger partial charge on any atom is 0.407 e. The number of hydrogen-bond donors (Lipinski definition) is 1. The molecule has 0 bridgehead atoms. The number of unbranched alkanes of at least 4 members (excludes halogenated alkanes) is 4. The van der Waals surface area contributed by atoms with Crippen LogP contribution in [0.1, 0.15) is 73.6 Å². The van der Waals surface area contributed by atoms with E-state index in [2.05, 4.69) is 26.1 Å². The molecule has 0 aromatic rings. The summed E-state index contributed by atoms with van der Waals surface area (Å²) >= 11 is 0. The Morgan fingerprint density at radius 1 is 0.850 bits per heavy atom. The summed E-state index contributed by atoms with van der Waals surface area (Å²) in [5.41, 5.74) is -0.265. The zero-order valence-electron chi connectivity index (χ0n) is 14.2. The van der Waals surface area contributed by atoms with Crippen molar-refractivity contribution in [1.82, 2.24) is 5.32 Å². The van der Waals surface area contributed by atoms with Crippen LogP contribution in [-0.4, -0.2) is 30.4 Å². The van der Waals surface area contributed by atoms with E-state index in [-0.39, 0.29) is 17.2 Å². The quantitative estimate of drug-likeness (QED) is 0.678. The van der Waals surface area contributed by atoms with E-state index in [9.17, 15) is 4.79 Å². The molecule has 0 aliphatic heterocycles. The van der Waals surface area contributed by atoms with Gasteiger partial charge in [0.05, 0.1) is 12.2 Å². The number of carbonyl (C=O) groups excluding carboxylic acids is 1.